The molecule has 80 valence electrons. The van der Waals surface area contributed by atoms with Crippen LogP contribution in [0.1, 0.15) is 23.7 Å². The van der Waals surface area contributed by atoms with Gasteiger partial charge in [0, 0.05) is 18.8 Å². The number of hydrogen-bond donors (Lipinski definition) is 1. The SMILES string of the molecule is CCC(=O)COc1ncc(C(=O)O)cn1. The number of carboxylic acids is 1. The second-order valence-corrected chi connectivity index (χ2v) is 2.74. The first-order chi connectivity index (χ1) is 7.13. The quantitative estimate of drug-likeness (QED) is 0.762. The number of carbonyl (C=O) groups excluding carboxylic acids is 1. The Labute approximate surface area is 85.9 Å². The lowest BCUT2D eigenvalue weighted by atomic mass is 10.3. The van der Waals surface area contributed by atoms with Crippen LogP contribution in [-0.4, -0.2) is 33.4 Å². The third-order valence-electron chi connectivity index (χ3n) is 1.63. The fourth-order valence-corrected chi connectivity index (χ4v) is 0.748. The lowest BCUT2D eigenvalue weighted by Crippen LogP contribution is -2.11. The Kier molecular flexibility index (Phi) is 3.73. The van der Waals surface area contributed by atoms with Gasteiger partial charge in [0.05, 0.1) is 5.56 Å². The number of ketones is 1. The van der Waals surface area contributed by atoms with Crippen molar-refractivity contribution in [1.29, 1.82) is 0 Å². The van der Waals surface area contributed by atoms with Gasteiger partial charge in [0.15, 0.2) is 5.78 Å². The van der Waals surface area contributed by atoms with Crippen molar-refractivity contribution in [2.45, 2.75) is 13.3 Å². The zero-order valence-electron chi connectivity index (χ0n) is 8.14. The summed E-state index contributed by atoms with van der Waals surface area (Å²) < 4.78 is 4.93. The molecule has 0 aliphatic heterocycles. The van der Waals surface area contributed by atoms with E-state index in [1.54, 1.807) is 6.92 Å². The van der Waals surface area contributed by atoms with Crippen molar-refractivity contribution in [3.05, 3.63) is 18.0 Å². The van der Waals surface area contributed by atoms with Crippen LogP contribution < -0.4 is 4.74 Å². The van der Waals surface area contributed by atoms with Crippen LogP contribution in [0.15, 0.2) is 12.4 Å². The van der Waals surface area contributed by atoms with Crippen molar-refractivity contribution < 1.29 is 19.4 Å². The molecule has 0 radical (unpaired) electrons. The Morgan fingerprint density at radius 1 is 1.40 bits per heavy atom. The summed E-state index contributed by atoms with van der Waals surface area (Å²) in [6, 6.07) is 0.00167. The van der Waals surface area contributed by atoms with Gasteiger partial charge < -0.3 is 9.84 Å². The lowest BCUT2D eigenvalue weighted by Gasteiger charge is -2.01. The fourth-order valence-electron chi connectivity index (χ4n) is 0.748. The number of aromatic carboxylic acids is 1. The van der Waals surface area contributed by atoms with E-state index in [2.05, 4.69) is 9.97 Å². The highest BCUT2D eigenvalue weighted by molar-refractivity contribution is 5.86. The molecule has 6 nitrogen and oxygen atoms in total. The molecule has 0 unspecified atom stereocenters. The van der Waals surface area contributed by atoms with Crippen LogP contribution in [0, 0.1) is 0 Å². The maximum Gasteiger partial charge on any atom is 0.338 e. The number of rotatable bonds is 5. The predicted octanol–water partition coefficient (Wildman–Crippen LogP) is 0.533. The standard InChI is InChI=1S/C9H10N2O4/c1-2-7(12)5-15-9-10-3-6(4-11-9)8(13)14/h3-4H,2,5H2,1H3,(H,13,14). The normalized spacial score (nSPS) is 9.67. The Balaban J connectivity index is 2.57. The van der Waals surface area contributed by atoms with Crippen LogP contribution in [0.25, 0.3) is 0 Å². The smallest absolute Gasteiger partial charge is 0.338 e. The van der Waals surface area contributed by atoms with Crippen LogP contribution in [0.4, 0.5) is 0 Å². The van der Waals surface area contributed by atoms with Crippen LogP contribution >= 0.6 is 0 Å². The van der Waals surface area contributed by atoms with Crippen molar-refractivity contribution in [2.75, 3.05) is 6.61 Å². The number of carbonyl (C=O) groups is 2. The van der Waals surface area contributed by atoms with E-state index in [1.807, 2.05) is 0 Å². The third kappa shape index (κ3) is 3.34. The summed E-state index contributed by atoms with van der Waals surface area (Å²) in [6.45, 7) is 1.63. The molecule has 0 saturated heterocycles. The van der Waals surface area contributed by atoms with E-state index >= 15 is 0 Å². The topological polar surface area (TPSA) is 89.4 Å². The Hall–Kier alpha value is -1.98. The maximum absolute atomic E-state index is 10.9. The van der Waals surface area contributed by atoms with Crippen molar-refractivity contribution in [1.82, 2.24) is 9.97 Å². The maximum atomic E-state index is 10.9. The number of carboxylic acid groups (broad SMARTS) is 1. The van der Waals surface area contributed by atoms with E-state index in [4.69, 9.17) is 9.84 Å². The van der Waals surface area contributed by atoms with Gasteiger partial charge in [-0.1, -0.05) is 6.92 Å². The minimum Gasteiger partial charge on any atom is -0.478 e. The van der Waals surface area contributed by atoms with Gasteiger partial charge in [-0.3, -0.25) is 4.79 Å². The molecule has 0 aliphatic rings. The second-order valence-electron chi connectivity index (χ2n) is 2.74. The molecule has 1 heterocycles. The molecule has 1 aromatic rings. The van der Waals surface area contributed by atoms with Gasteiger partial charge in [-0.05, 0) is 0 Å². The van der Waals surface area contributed by atoms with E-state index in [-0.39, 0.29) is 24.0 Å². The fraction of sp³-hybridized carbons (Fsp3) is 0.333. The molecule has 15 heavy (non-hydrogen) atoms. The predicted molar refractivity (Wildman–Crippen MR) is 49.8 cm³/mol. The minimum atomic E-state index is -1.11. The highest BCUT2D eigenvalue weighted by Crippen LogP contribution is 2.02. The van der Waals surface area contributed by atoms with Gasteiger partial charge in [-0.2, -0.15) is 0 Å². The van der Waals surface area contributed by atoms with Crippen molar-refractivity contribution in [3.63, 3.8) is 0 Å². The van der Waals surface area contributed by atoms with Gasteiger partial charge in [-0.15, -0.1) is 0 Å². The highest BCUT2D eigenvalue weighted by atomic mass is 16.5. The number of Topliss-reactive ketones (excluding diaryl/α,β-unsaturated/α-hetero) is 1. The third-order valence-corrected chi connectivity index (χ3v) is 1.63. The van der Waals surface area contributed by atoms with Crippen LogP contribution in [-0.2, 0) is 4.79 Å². The van der Waals surface area contributed by atoms with Crippen LogP contribution in [0.2, 0.25) is 0 Å². The first-order valence-corrected chi connectivity index (χ1v) is 4.33. The van der Waals surface area contributed by atoms with Crippen molar-refractivity contribution >= 4 is 11.8 Å². The number of hydrogen-bond acceptors (Lipinski definition) is 5. The Bertz CT molecular complexity index is 361. The molecular formula is C9H10N2O4. The largest absolute Gasteiger partial charge is 0.478 e. The second kappa shape index (κ2) is 5.04. The molecule has 6 heteroatoms. The monoisotopic (exact) mass is 210 g/mol. The average molecular weight is 210 g/mol. The molecular weight excluding hydrogens is 200 g/mol. The molecule has 0 aliphatic carbocycles. The molecule has 0 aromatic carbocycles. The number of nitrogens with zero attached hydrogens (tertiary/aromatic N) is 2. The first-order valence-electron chi connectivity index (χ1n) is 4.33. The molecule has 0 saturated carbocycles. The van der Waals surface area contributed by atoms with Gasteiger partial charge in [0.25, 0.3) is 0 Å². The Morgan fingerprint density at radius 2 is 2.00 bits per heavy atom. The van der Waals surface area contributed by atoms with Crippen LogP contribution in [0.5, 0.6) is 6.01 Å². The highest BCUT2D eigenvalue weighted by Gasteiger charge is 2.06. The molecule has 0 fully saturated rings. The van der Waals surface area contributed by atoms with E-state index in [0.717, 1.165) is 12.4 Å². The lowest BCUT2D eigenvalue weighted by molar-refractivity contribution is -0.120. The van der Waals surface area contributed by atoms with Crippen molar-refractivity contribution in [2.24, 2.45) is 0 Å². The Morgan fingerprint density at radius 3 is 2.47 bits per heavy atom. The van der Waals surface area contributed by atoms with E-state index in [9.17, 15) is 9.59 Å². The molecule has 0 spiro atoms. The van der Waals surface area contributed by atoms with Crippen molar-refractivity contribution in [3.8, 4) is 6.01 Å². The van der Waals surface area contributed by atoms with Gasteiger partial charge in [0.2, 0.25) is 0 Å². The molecule has 1 aromatic heterocycles. The van der Waals surface area contributed by atoms with Gasteiger partial charge >= 0.3 is 12.0 Å². The molecule has 0 atom stereocenters. The summed E-state index contributed by atoms with van der Waals surface area (Å²) in [5, 5.41) is 8.56. The van der Waals surface area contributed by atoms with E-state index < -0.39 is 5.97 Å². The zero-order chi connectivity index (χ0) is 11.3. The molecule has 0 amide bonds. The summed E-state index contributed by atoms with van der Waals surface area (Å²) in [5.74, 6) is -1.17. The minimum absolute atomic E-state index is 0.00167. The van der Waals surface area contributed by atoms with E-state index in [1.165, 1.54) is 0 Å². The number of ether oxygens (including phenoxy) is 1. The average Bonchev–Trinajstić information content (AvgIpc) is 2.26. The summed E-state index contributed by atoms with van der Waals surface area (Å²) in [5.41, 5.74) is -0.0239. The first kappa shape index (κ1) is 11.1. The summed E-state index contributed by atoms with van der Waals surface area (Å²) >= 11 is 0. The van der Waals surface area contributed by atoms with Gasteiger partial charge in [-0.25, -0.2) is 14.8 Å². The van der Waals surface area contributed by atoms with Crippen LogP contribution in [0.3, 0.4) is 0 Å². The number of aromatic nitrogens is 2. The zero-order valence-corrected chi connectivity index (χ0v) is 8.14. The van der Waals surface area contributed by atoms with E-state index in [0.29, 0.717) is 6.42 Å². The van der Waals surface area contributed by atoms with Gasteiger partial charge in [0.1, 0.15) is 6.61 Å². The molecule has 0 bridgehead atoms. The molecule has 1 N–H and O–H groups in total. The summed E-state index contributed by atoms with van der Waals surface area (Å²) in [4.78, 5) is 28.6. The summed E-state index contributed by atoms with van der Waals surface area (Å²) in [6.07, 6.45) is 2.63. The summed E-state index contributed by atoms with van der Waals surface area (Å²) in [7, 11) is 0. The molecule has 1 rings (SSSR count).